The molecule has 0 aliphatic heterocycles. The molecule has 1 aliphatic carbocycles. The molecule has 1 saturated carbocycles. The first-order valence-electron chi connectivity index (χ1n) is 5.79. The number of rotatable bonds is 2. The second-order valence-electron chi connectivity index (χ2n) is 4.69. The summed E-state index contributed by atoms with van der Waals surface area (Å²) >= 11 is 0. The van der Waals surface area contributed by atoms with Gasteiger partial charge in [-0.2, -0.15) is 0 Å². The lowest BCUT2D eigenvalue weighted by molar-refractivity contribution is 0.245. The van der Waals surface area contributed by atoms with Crippen LogP contribution in [0.1, 0.15) is 44.3 Å². The molecule has 1 aromatic rings. The molecule has 3 heteroatoms. The summed E-state index contributed by atoms with van der Waals surface area (Å²) in [6, 6.07) is 2.03. The van der Waals surface area contributed by atoms with Gasteiger partial charge in [-0.05, 0) is 30.7 Å². The van der Waals surface area contributed by atoms with Gasteiger partial charge in [0, 0.05) is 12.2 Å². The summed E-state index contributed by atoms with van der Waals surface area (Å²) in [4.78, 5) is 8.16. The molecule has 0 radical (unpaired) electrons. The van der Waals surface area contributed by atoms with Gasteiger partial charge in [0.1, 0.15) is 6.33 Å². The van der Waals surface area contributed by atoms with Crippen molar-refractivity contribution in [3.8, 4) is 0 Å². The number of nitrogens with zero attached hydrogens (tertiary/aromatic N) is 2. The average molecular weight is 205 g/mol. The van der Waals surface area contributed by atoms with E-state index in [1.54, 1.807) is 12.5 Å². The number of nitrogens with two attached hydrogens (primary N) is 1. The minimum Gasteiger partial charge on any atom is -0.322 e. The highest BCUT2D eigenvalue weighted by Gasteiger charge is 2.25. The third-order valence-electron chi connectivity index (χ3n) is 3.43. The van der Waals surface area contributed by atoms with Crippen LogP contribution in [0.5, 0.6) is 0 Å². The highest BCUT2D eigenvalue weighted by atomic mass is 14.9. The summed E-state index contributed by atoms with van der Waals surface area (Å²) in [7, 11) is 0. The second kappa shape index (κ2) is 4.71. The van der Waals surface area contributed by atoms with E-state index >= 15 is 0 Å². The van der Waals surface area contributed by atoms with E-state index in [9.17, 15) is 0 Å². The lowest BCUT2D eigenvalue weighted by Gasteiger charge is -2.30. The van der Waals surface area contributed by atoms with Crippen molar-refractivity contribution in [1.82, 2.24) is 9.97 Å². The van der Waals surface area contributed by atoms with Crippen LogP contribution in [0, 0.1) is 11.8 Å². The molecule has 3 nitrogen and oxygen atoms in total. The van der Waals surface area contributed by atoms with E-state index in [1.165, 1.54) is 25.7 Å². The van der Waals surface area contributed by atoms with Crippen LogP contribution in [0.25, 0.3) is 0 Å². The normalized spacial score (nSPS) is 28.7. The zero-order chi connectivity index (χ0) is 10.7. The van der Waals surface area contributed by atoms with Crippen LogP contribution >= 0.6 is 0 Å². The maximum atomic E-state index is 6.24. The Labute approximate surface area is 91.1 Å². The maximum Gasteiger partial charge on any atom is 0.115 e. The molecule has 82 valence electrons. The molecule has 0 aromatic carbocycles. The Kier molecular flexibility index (Phi) is 3.31. The smallest absolute Gasteiger partial charge is 0.115 e. The van der Waals surface area contributed by atoms with Gasteiger partial charge in [0.15, 0.2) is 0 Å². The van der Waals surface area contributed by atoms with E-state index in [2.05, 4.69) is 16.9 Å². The number of hydrogen-bond acceptors (Lipinski definition) is 3. The lowest BCUT2D eigenvalue weighted by Crippen LogP contribution is -2.26. The van der Waals surface area contributed by atoms with Crippen LogP contribution in [0.4, 0.5) is 0 Å². The van der Waals surface area contributed by atoms with Crippen molar-refractivity contribution in [1.29, 1.82) is 0 Å². The molecule has 3 atom stereocenters. The fourth-order valence-electron chi connectivity index (χ4n) is 2.55. The largest absolute Gasteiger partial charge is 0.322 e. The zero-order valence-corrected chi connectivity index (χ0v) is 9.26. The predicted molar refractivity (Wildman–Crippen MR) is 60.1 cm³/mol. The van der Waals surface area contributed by atoms with E-state index in [4.69, 9.17) is 5.73 Å². The van der Waals surface area contributed by atoms with Gasteiger partial charge >= 0.3 is 0 Å². The third kappa shape index (κ3) is 2.53. The van der Waals surface area contributed by atoms with E-state index in [0.717, 1.165) is 11.6 Å². The van der Waals surface area contributed by atoms with Gasteiger partial charge in [-0.1, -0.05) is 19.8 Å². The Morgan fingerprint density at radius 2 is 2.33 bits per heavy atom. The quantitative estimate of drug-likeness (QED) is 0.806. The van der Waals surface area contributed by atoms with Gasteiger partial charge in [-0.3, -0.25) is 0 Å². The fourth-order valence-corrected chi connectivity index (χ4v) is 2.55. The van der Waals surface area contributed by atoms with Gasteiger partial charge in [0.25, 0.3) is 0 Å². The highest BCUT2D eigenvalue weighted by molar-refractivity contribution is 5.05. The molecule has 2 N–H and O–H groups in total. The molecule has 3 unspecified atom stereocenters. The molecule has 1 aromatic heterocycles. The number of aromatic nitrogens is 2. The summed E-state index contributed by atoms with van der Waals surface area (Å²) in [6.45, 7) is 2.32. The minimum atomic E-state index is 0.0933. The van der Waals surface area contributed by atoms with Crippen LogP contribution in [-0.2, 0) is 0 Å². The Morgan fingerprint density at radius 3 is 3.00 bits per heavy atom. The molecule has 0 spiro atoms. The van der Waals surface area contributed by atoms with Crippen LogP contribution < -0.4 is 5.73 Å². The van der Waals surface area contributed by atoms with E-state index in [1.807, 2.05) is 6.07 Å². The summed E-state index contributed by atoms with van der Waals surface area (Å²) in [6.07, 6.45) is 8.51. The summed E-state index contributed by atoms with van der Waals surface area (Å²) in [5.41, 5.74) is 7.23. The molecule has 0 saturated heterocycles. The Bertz CT molecular complexity index is 299. The second-order valence-corrected chi connectivity index (χ2v) is 4.69. The van der Waals surface area contributed by atoms with Crippen molar-refractivity contribution in [2.45, 2.75) is 38.6 Å². The molecule has 2 rings (SSSR count). The summed E-state index contributed by atoms with van der Waals surface area (Å²) in [5, 5.41) is 0. The topological polar surface area (TPSA) is 51.8 Å². The van der Waals surface area contributed by atoms with Crippen molar-refractivity contribution >= 4 is 0 Å². The Morgan fingerprint density at radius 1 is 1.47 bits per heavy atom. The fraction of sp³-hybridized carbons (Fsp3) is 0.667. The standard InChI is InChI=1S/C12H19N3/c1-9-3-2-4-10(7-9)12(13)11-5-6-14-8-15-11/h5-6,8-10,12H,2-4,7,13H2,1H3. The van der Waals surface area contributed by atoms with Gasteiger partial charge in [-0.15, -0.1) is 0 Å². The van der Waals surface area contributed by atoms with Crippen molar-refractivity contribution in [3.63, 3.8) is 0 Å². The molecule has 15 heavy (non-hydrogen) atoms. The summed E-state index contributed by atoms with van der Waals surface area (Å²) in [5.74, 6) is 1.42. The van der Waals surface area contributed by atoms with E-state index < -0.39 is 0 Å². The van der Waals surface area contributed by atoms with E-state index in [-0.39, 0.29) is 6.04 Å². The molecule has 1 fully saturated rings. The highest BCUT2D eigenvalue weighted by Crippen LogP contribution is 2.34. The molecule has 1 heterocycles. The van der Waals surface area contributed by atoms with Crippen LogP contribution in [0.15, 0.2) is 18.6 Å². The average Bonchev–Trinajstić information content (AvgIpc) is 2.29. The van der Waals surface area contributed by atoms with Gasteiger partial charge < -0.3 is 5.73 Å². The van der Waals surface area contributed by atoms with Gasteiger partial charge in [0.2, 0.25) is 0 Å². The predicted octanol–water partition coefficient (Wildman–Crippen LogP) is 2.30. The van der Waals surface area contributed by atoms with Crippen molar-refractivity contribution in [2.75, 3.05) is 0 Å². The minimum absolute atomic E-state index is 0.0933. The maximum absolute atomic E-state index is 6.24. The van der Waals surface area contributed by atoms with Crippen molar-refractivity contribution in [2.24, 2.45) is 17.6 Å². The van der Waals surface area contributed by atoms with Gasteiger partial charge in [0.05, 0.1) is 5.69 Å². The molecular formula is C12H19N3. The van der Waals surface area contributed by atoms with Crippen LogP contribution in [0.2, 0.25) is 0 Å². The first kappa shape index (κ1) is 10.6. The van der Waals surface area contributed by atoms with Crippen molar-refractivity contribution < 1.29 is 0 Å². The molecule has 0 bridgehead atoms. The zero-order valence-electron chi connectivity index (χ0n) is 9.26. The molecule has 0 amide bonds. The van der Waals surface area contributed by atoms with Gasteiger partial charge in [-0.25, -0.2) is 9.97 Å². The van der Waals surface area contributed by atoms with Crippen LogP contribution in [0.3, 0.4) is 0 Å². The number of hydrogen-bond donors (Lipinski definition) is 1. The third-order valence-corrected chi connectivity index (χ3v) is 3.43. The Hall–Kier alpha value is -0.960. The van der Waals surface area contributed by atoms with E-state index in [0.29, 0.717) is 5.92 Å². The van der Waals surface area contributed by atoms with Crippen molar-refractivity contribution in [3.05, 3.63) is 24.3 Å². The Balaban J connectivity index is 2.04. The molecule has 1 aliphatic rings. The first-order valence-corrected chi connectivity index (χ1v) is 5.79. The first-order chi connectivity index (χ1) is 7.27. The monoisotopic (exact) mass is 205 g/mol. The summed E-state index contributed by atoms with van der Waals surface area (Å²) < 4.78 is 0. The lowest BCUT2D eigenvalue weighted by atomic mass is 9.78. The molecular weight excluding hydrogens is 186 g/mol. The SMILES string of the molecule is CC1CCCC(C(N)c2ccncn2)C1. The van der Waals surface area contributed by atoms with Crippen LogP contribution in [-0.4, -0.2) is 9.97 Å².